The Morgan fingerprint density at radius 1 is 1.16 bits per heavy atom. The van der Waals surface area contributed by atoms with Crippen LogP contribution in [0.25, 0.3) is 6.08 Å². The fourth-order valence-electron chi connectivity index (χ4n) is 1.50. The van der Waals surface area contributed by atoms with Gasteiger partial charge in [-0.2, -0.15) is 0 Å². The lowest BCUT2D eigenvalue weighted by atomic mass is 10.2. The van der Waals surface area contributed by atoms with Crippen LogP contribution < -0.4 is 5.32 Å². The van der Waals surface area contributed by atoms with Crippen molar-refractivity contribution in [3.63, 3.8) is 0 Å². The fraction of sp³-hybridized carbons (Fsp3) is 0. The zero-order chi connectivity index (χ0) is 13.7. The molecule has 1 amide bonds. The van der Waals surface area contributed by atoms with Crippen molar-refractivity contribution in [1.29, 1.82) is 0 Å². The second-order valence-electron chi connectivity index (χ2n) is 3.69. The normalized spacial score (nSPS) is 10.5. The summed E-state index contributed by atoms with van der Waals surface area (Å²) >= 11 is 0. The maximum Gasteiger partial charge on any atom is 0.337 e. The Balaban J connectivity index is 2.09. The third-order valence-corrected chi connectivity index (χ3v) is 2.36. The molecule has 2 N–H and O–H groups in total. The van der Waals surface area contributed by atoms with E-state index >= 15 is 0 Å². The summed E-state index contributed by atoms with van der Waals surface area (Å²) < 4.78 is 5.04. The molecule has 2 rings (SSSR count). The molecule has 5 nitrogen and oxygen atoms in total. The molecule has 2 aromatic rings. The predicted molar refractivity (Wildman–Crippen MR) is 69.8 cm³/mol. The molecule has 0 radical (unpaired) electrons. The van der Waals surface area contributed by atoms with Gasteiger partial charge >= 0.3 is 5.97 Å². The van der Waals surface area contributed by atoms with Gasteiger partial charge in [0.1, 0.15) is 5.76 Å². The minimum absolute atomic E-state index is 0.0437. The Labute approximate surface area is 109 Å². The summed E-state index contributed by atoms with van der Waals surface area (Å²) in [5.74, 6) is -0.974. The summed E-state index contributed by atoms with van der Waals surface area (Å²) in [5, 5.41) is 11.5. The summed E-state index contributed by atoms with van der Waals surface area (Å²) in [7, 11) is 0. The van der Waals surface area contributed by atoms with Crippen molar-refractivity contribution in [2.75, 3.05) is 5.32 Å². The van der Waals surface area contributed by atoms with E-state index in [9.17, 15) is 9.59 Å². The lowest BCUT2D eigenvalue weighted by Gasteiger charge is -2.05. The fourth-order valence-corrected chi connectivity index (χ4v) is 1.50. The average Bonchev–Trinajstić information content (AvgIpc) is 2.90. The molecule has 0 aliphatic rings. The average molecular weight is 257 g/mol. The Kier molecular flexibility index (Phi) is 3.78. The van der Waals surface area contributed by atoms with Crippen molar-refractivity contribution < 1.29 is 19.1 Å². The van der Waals surface area contributed by atoms with E-state index in [1.165, 1.54) is 30.5 Å². The van der Waals surface area contributed by atoms with Crippen LogP contribution in [0.5, 0.6) is 0 Å². The summed E-state index contributed by atoms with van der Waals surface area (Å²) in [6.07, 6.45) is 4.27. The van der Waals surface area contributed by atoms with Gasteiger partial charge in [-0.05, 0) is 30.3 Å². The molecule has 0 bridgehead atoms. The maximum absolute atomic E-state index is 11.6. The molecule has 1 aromatic carbocycles. The number of amides is 1. The second-order valence-corrected chi connectivity index (χ2v) is 3.69. The third kappa shape index (κ3) is 3.32. The van der Waals surface area contributed by atoms with Crippen molar-refractivity contribution in [2.45, 2.75) is 0 Å². The number of hydrogen-bond acceptors (Lipinski definition) is 3. The molecule has 19 heavy (non-hydrogen) atoms. The highest BCUT2D eigenvalue weighted by atomic mass is 16.4. The first-order valence-electron chi connectivity index (χ1n) is 5.52. The highest BCUT2D eigenvalue weighted by molar-refractivity contribution is 6.05. The Hall–Kier alpha value is -2.82. The number of anilines is 1. The molecule has 1 aromatic heterocycles. The van der Waals surface area contributed by atoms with Gasteiger partial charge in [0.2, 0.25) is 5.91 Å². The molecule has 5 heteroatoms. The van der Waals surface area contributed by atoms with Crippen LogP contribution in [0.1, 0.15) is 16.1 Å². The number of furan rings is 1. The van der Waals surface area contributed by atoms with Gasteiger partial charge in [0.25, 0.3) is 0 Å². The lowest BCUT2D eigenvalue weighted by Crippen LogP contribution is -2.11. The van der Waals surface area contributed by atoms with Gasteiger partial charge in [-0.3, -0.25) is 4.79 Å². The van der Waals surface area contributed by atoms with Crippen LogP contribution in [0.2, 0.25) is 0 Å². The Morgan fingerprint density at radius 3 is 2.63 bits per heavy atom. The molecule has 0 unspecified atom stereocenters. The monoisotopic (exact) mass is 257 g/mol. The summed E-state index contributed by atoms with van der Waals surface area (Å²) in [5.41, 5.74) is 0.298. The minimum Gasteiger partial charge on any atom is -0.478 e. The Morgan fingerprint density at radius 2 is 1.95 bits per heavy atom. The molecule has 0 aliphatic heterocycles. The molecule has 0 aliphatic carbocycles. The van der Waals surface area contributed by atoms with Gasteiger partial charge < -0.3 is 14.8 Å². The quantitative estimate of drug-likeness (QED) is 0.825. The molecular formula is C14H11NO4. The van der Waals surface area contributed by atoms with Gasteiger partial charge in [-0.1, -0.05) is 12.1 Å². The number of carboxylic acid groups (broad SMARTS) is 1. The molecule has 0 fully saturated rings. The van der Waals surface area contributed by atoms with E-state index < -0.39 is 11.9 Å². The van der Waals surface area contributed by atoms with Crippen molar-refractivity contribution in [3.05, 3.63) is 60.1 Å². The van der Waals surface area contributed by atoms with Crippen LogP contribution in [-0.2, 0) is 4.79 Å². The predicted octanol–water partition coefficient (Wildman–Crippen LogP) is 2.63. The number of carbonyl (C=O) groups excluding carboxylic acids is 1. The zero-order valence-electron chi connectivity index (χ0n) is 9.87. The Bertz CT molecular complexity index is 614. The first-order chi connectivity index (χ1) is 9.16. The smallest absolute Gasteiger partial charge is 0.337 e. The largest absolute Gasteiger partial charge is 0.478 e. The van der Waals surface area contributed by atoms with Crippen LogP contribution in [0.3, 0.4) is 0 Å². The number of carbonyl (C=O) groups is 2. The van der Waals surface area contributed by atoms with Gasteiger partial charge in [-0.25, -0.2) is 4.79 Å². The van der Waals surface area contributed by atoms with Crippen LogP contribution in [-0.4, -0.2) is 17.0 Å². The topological polar surface area (TPSA) is 79.5 Å². The third-order valence-electron chi connectivity index (χ3n) is 2.36. The SMILES string of the molecule is O=C(C=Cc1ccco1)Nc1ccccc1C(=O)O. The molecule has 0 saturated heterocycles. The van der Waals surface area contributed by atoms with Crippen LogP contribution >= 0.6 is 0 Å². The molecule has 1 heterocycles. The van der Waals surface area contributed by atoms with E-state index in [1.54, 1.807) is 24.3 Å². The number of aromatic carboxylic acids is 1. The highest BCUT2D eigenvalue weighted by Gasteiger charge is 2.10. The lowest BCUT2D eigenvalue weighted by molar-refractivity contribution is -0.111. The second kappa shape index (κ2) is 5.68. The van der Waals surface area contributed by atoms with Gasteiger partial charge in [0, 0.05) is 6.08 Å². The van der Waals surface area contributed by atoms with E-state index in [2.05, 4.69) is 5.32 Å². The van der Waals surface area contributed by atoms with E-state index in [-0.39, 0.29) is 11.3 Å². The zero-order valence-corrected chi connectivity index (χ0v) is 9.87. The van der Waals surface area contributed by atoms with E-state index in [4.69, 9.17) is 9.52 Å². The number of rotatable bonds is 4. The van der Waals surface area contributed by atoms with Crippen LogP contribution in [0.15, 0.2) is 53.2 Å². The molecule has 96 valence electrons. The molecular weight excluding hydrogens is 246 g/mol. The van der Waals surface area contributed by atoms with E-state index in [0.717, 1.165) is 0 Å². The number of hydrogen-bond donors (Lipinski definition) is 2. The van der Waals surface area contributed by atoms with Crippen molar-refractivity contribution in [1.82, 2.24) is 0 Å². The first-order valence-corrected chi connectivity index (χ1v) is 5.52. The van der Waals surface area contributed by atoms with Crippen molar-refractivity contribution in [3.8, 4) is 0 Å². The number of carboxylic acids is 1. The highest BCUT2D eigenvalue weighted by Crippen LogP contribution is 2.15. The number of nitrogens with one attached hydrogen (secondary N) is 1. The van der Waals surface area contributed by atoms with Crippen LogP contribution in [0, 0.1) is 0 Å². The van der Waals surface area contributed by atoms with Gasteiger partial charge in [0.05, 0.1) is 17.5 Å². The van der Waals surface area contributed by atoms with Crippen LogP contribution in [0.4, 0.5) is 5.69 Å². The number of para-hydroxylation sites is 1. The van der Waals surface area contributed by atoms with E-state index in [0.29, 0.717) is 5.76 Å². The van der Waals surface area contributed by atoms with Gasteiger partial charge in [0.15, 0.2) is 0 Å². The summed E-state index contributed by atoms with van der Waals surface area (Å²) in [6, 6.07) is 9.61. The minimum atomic E-state index is -1.09. The summed E-state index contributed by atoms with van der Waals surface area (Å²) in [6.45, 7) is 0. The molecule has 0 saturated carbocycles. The number of benzene rings is 1. The molecule has 0 spiro atoms. The first kappa shape index (κ1) is 12.6. The van der Waals surface area contributed by atoms with Gasteiger partial charge in [-0.15, -0.1) is 0 Å². The molecule has 0 atom stereocenters. The van der Waals surface area contributed by atoms with Crippen molar-refractivity contribution >= 4 is 23.6 Å². The maximum atomic E-state index is 11.6. The van der Waals surface area contributed by atoms with Crippen molar-refractivity contribution in [2.24, 2.45) is 0 Å². The summed E-state index contributed by atoms with van der Waals surface area (Å²) in [4.78, 5) is 22.6. The standard InChI is InChI=1S/C14H11NO4/c16-13(8-7-10-4-3-9-19-10)15-12-6-2-1-5-11(12)14(17)18/h1-9H,(H,15,16)(H,17,18). The van der Waals surface area contributed by atoms with E-state index in [1.807, 2.05) is 0 Å².